The van der Waals surface area contributed by atoms with Crippen LogP contribution in [0.2, 0.25) is 0 Å². The van der Waals surface area contributed by atoms with Gasteiger partial charge in [0, 0.05) is 65.5 Å². The average Bonchev–Trinajstić information content (AvgIpc) is 3.08. The molecular weight excluding hydrogens is 602 g/mol. The highest BCUT2D eigenvalue weighted by molar-refractivity contribution is 5.95. The number of hydrogen-bond donors (Lipinski definition) is 1. The number of allylic oxidation sites excluding steroid dienone is 2. The van der Waals surface area contributed by atoms with Gasteiger partial charge in [-0.05, 0) is 43.8 Å². The zero-order valence-electron chi connectivity index (χ0n) is 29.0. The Kier molecular flexibility index (Phi) is 16.4. The quantitative estimate of drug-likeness (QED) is 0.0662. The van der Waals surface area contributed by atoms with Gasteiger partial charge in [-0.15, -0.1) is 0 Å². The molecule has 1 atom stereocenters. The van der Waals surface area contributed by atoms with Crippen molar-refractivity contribution >= 4 is 37.4 Å². The van der Waals surface area contributed by atoms with Crippen molar-refractivity contribution in [3.8, 4) is 5.75 Å². The van der Waals surface area contributed by atoms with E-state index in [2.05, 4.69) is 40.6 Å². The number of carbonyl (C=O) groups is 3. The van der Waals surface area contributed by atoms with Gasteiger partial charge >= 0.3 is 0 Å². The van der Waals surface area contributed by atoms with Gasteiger partial charge in [0.1, 0.15) is 12.6 Å². The van der Waals surface area contributed by atoms with Crippen molar-refractivity contribution in [2.45, 2.75) is 53.9 Å². The normalized spacial score (nSPS) is 15.6. The highest BCUT2D eigenvalue weighted by Crippen LogP contribution is 2.23. The van der Waals surface area contributed by atoms with Crippen LogP contribution in [0.4, 0.5) is 0 Å². The summed E-state index contributed by atoms with van der Waals surface area (Å²) in [4.78, 5) is 59.8. The van der Waals surface area contributed by atoms with Crippen LogP contribution in [0.15, 0.2) is 44.0 Å². The van der Waals surface area contributed by atoms with Gasteiger partial charge in [-0.25, -0.2) is 20.0 Å². The Labute approximate surface area is 278 Å². The first-order valence-electron chi connectivity index (χ1n) is 16.0. The van der Waals surface area contributed by atoms with Crippen LogP contribution >= 0.6 is 0 Å². The Hall–Kier alpha value is -4.46. The molecule has 1 unspecified atom stereocenters. The van der Waals surface area contributed by atoms with Gasteiger partial charge in [-0.2, -0.15) is 5.10 Å². The number of carbonyl (C=O) groups excluding carboxylic acids is 3. The van der Waals surface area contributed by atoms with E-state index in [0.29, 0.717) is 74.8 Å². The van der Waals surface area contributed by atoms with Crippen LogP contribution in [0.1, 0.15) is 63.1 Å². The molecule has 0 bridgehead atoms. The number of ether oxygens (including phenoxy) is 1. The number of rotatable bonds is 17. The summed E-state index contributed by atoms with van der Waals surface area (Å²) in [6.45, 7) is 16.0. The molecule has 0 saturated carbocycles. The summed E-state index contributed by atoms with van der Waals surface area (Å²) in [6, 6.07) is 0. The second kappa shape index (κ2) is 19.9. The van der Waals surface area contributed by atoms with Crippen LogP contribution in [0, 0.1) is 12.8 Å². The highest BCUT2D eigenvalue weighted by Gasteiger charge is 2.29. The minimum absolute atomic E-state index is 0.0567. The van der Waals surface area contributed by atoms with Crippen LogP contribution in [-0.2, 0) is 14.3 Å². The molecule has 2 rings (SSSR count). The Bertz CT molecular complexity index is 1350. The summed E-state index contributed by atoms with van der Waals surface area (Å²) in [6.07, 6.45) is 7.00. The molecule has 1 aliphatic rings. The van der Waals surface area contributed by atoms with Crippen molar-refractivity contribution in [1.82, 2.24) is 29.7 Å². The topological polar surface area (TPSA) is 156 Å². The second-order valence-corrected chi connectivity index (χ2v) is 11.3. The van der Waals surface area contributed by atoms with Crippen molar-refractivity contribution in [2.24, 2.45) is 21.0 Å². The number of aryl methyl sites for hydroxylation is 1. The average molecular weight is 654 g/mol. The van der Waals surface area contributed by atoms with E-state index < -0.39 is 5.91 Å². The van der Waals surface area contributed by atoms with E-state index in [1.165, 1.54) is 11.3 Å². The van der Waals surface area contributed by atoms with Gasteiger partial charge in [0.25, 0.3) is 5.91 Å². The van der Waals surface area contributed by atoms with Gasteiger partial charge in [-0.3, -0.25) is 14.6 Å². The van der Waals surface area contributed by atoms with Crippen LogP contribution in [0.25, 0.3) is 0 Å². The van der Waals surface area contributed by atoms with Crippen LogP contribution < -0.4 is 0 Å². The Morgan fingerprint density at radius 2 is 1.87 bits per heavy atom. The number of aldehydes is 2. The standard InChI is InChI=1S/C33H51N9O5/c1-9-24(3)11-18-47-22-25(4)27(19-34-6)20-36-33(39(8)35-7)42(16-17-43)28(10-2)29(21-44)40-12-14-41(15-13-40)32(46)30-31(45)26(5)37-23-38-30/h17,19,21,23-24,45H,7,9-16,18,20,22H2,1-6,8H3/b27-25-,29-28+,34-19?,36-33?. The lowest BCUT2D eigenvalue weighted by Crippen LogP contribution is -2.50. The summed E-state index contributed by atoms with van der Waals surface area (Å²) in [7, 11) is 3.37. The molecule has 0 spiro atoms. The molecule has 2 heterocycles. The molecule has 258 valence electrons. The molecule has 1 aliphatic heterocycles. The lowest BCUT2D eigenvalue weighted by Gasteiger charge is -2.38. The first kappa shape index (κ1) is 38.7. The van der Waals surface area contributed by atoms with Gasteiger partial charge in [0.05, 0.1) is 31.1 Å². The predicted molar refractivity (Wildman–Crippen MR) is 184 cm³/mol. The van der Waals surface area contributed by atoms with Crippen LogP contribution in [0.3, 0.4) is 0 Å². The van der Waals surface area contributed by atoms with E-state index in [0.717, 1.165) is 36.6 Å². The molecule has 1 saturated heterocycles. The summed E-state index contributed by atoms with van der Waals surface area (Å²) >= 11 is 0. The molecule has 0 radical (unpaired) electrons. The molecule has 14 nitrogen and oxygen atoms in total. The Morgan fingerprint density at radius 3 is 2.45 bits per heavy atom. The third-order valence-corrected chi connectivity index (χ3v) is 8.18. The molecule has 1 aromatic rings. The lowest BCUT2D eigenvalue weighted by molar-refractivity contribution is -0.108. The number of hydrazone groups is 1. The van der Waals surface area contributed by atoms with Crippen LogP contribution in [0.5, 0.6) is 5.75 Å². The van der Waals surface area contributed by atoms with Gasteiger partial charge in [0.2, 0.25) is 5.96 Å². The molecule has 47 heavy (non-hydrogen) atoms. The SMILES string of the molecule is C=NN(C)C(=NC/C(C=NC)=C(/C)COCCC(C)CC)N(CC=O)/C(CC)=C(\C=O)N1CCN(C(=O)c2ncnc(C)c2O)CC1. The summed E-state index contributed by atoms with van der Waals surface area (Å²) < 4.78 is 5.93. The van der Waals surface area contributed by atoms with Gasteiger partial charge in [0.15, 0.2) is 17.7 Å². The number of nitrogens with zero attached hydrogens (tertiary/aromatic N) is 9. The van der Waals surface area contributed by atoms with Crippen molar-refractivity contribution in [1.29, 1.82) is 0 Å². The predicted octanol–water partition coefficient (Wildman–Crippen LogP) is 2.94. The van der Waals surface area contributed by atoms with E-state index in [4.69, 9.17) is 9.73 Å². The smallest absolute Gasteiger partial charge is 0.276 e. The van der Waals surface area contributed by atoms with Crippen molar-refractivity contribution in [2.75, 3.05) is 66.6 Å². The number of amides is 1. The number of aliphatic imine (C=N–C) groups is 2. The Morgan fingerprint density at radius 1 is 1.19 bits per heavy atom. The molecule has 0 aliphatic carbocycles. The van der Waals surface area contributed by atoms with E-state index in [-0.39, 0.29) is 24.5 Å². The molecule has 1 N–H and O–H groups in total. The molecule has 1 amide bonds. The molecule has 1 aromatic heterocycles. The maximum atomic E-state index is 13.1. The van der Waals surface area contributed by atoms with Crippen molar-refractivity contribution < 1.29 is 24.2 Å². The lowest BCUT2D eigenvalue weighted by atomic mass is 10.1. The minimum atomic E-state index is -0.411. The Balaban J connectivity index is 2.38. The number of aromatic hydroxyl groups is 1. The van der Waals surface area contributed by atoms with Gasteiger partial charge < -0.3 is 29.3 Å². The van der Waals surface area contributed by atoms with Crippen molar-refractivity contribution in [3.63, 3.8) is 0 Å². The number of piperazine rings is 1. The summed E-state index contributed by atoms with van der Waals surface area (Å²) in [5, 5.41) is 15.8. The molecular formula is C33H51N9O5. The summed E-state index contributed by atoms with van der Waals surface area (Å²) in [5.74, 6) is 0.275. The zero-order chi connectivity index (χ0) is 34.9. The second-order valence-electron chi connectivity index (χ2n) is 11.3. The third-order valence-electron chi connectivity index (χ3n) is 8.18. The van der Waals surface area contributed by atoms with Crippen LogP contribution in [-0.4, -0.2) is 139 Å². The first-order valence-corrected chi connectivity index (χ1v) is 16.0. The molecule has 14 heteroatoms. The first-order chi connectivity index (χ1) is 22.6. The van der Waals surface area contributed by atoms with E-state index in [9.17, 15) is 19.5 Å². The fourth-order valence-corrected chi connectivity index (χ4v) is 4.98. The largest absolute Gasteiger partial charge is 0.504 e. The zero-order valence-corrected chi connectivity index (χ0v) is 29.0. The molecule has 1 fully saturated rings. The highest BCUT2D eigenvalue weighted by atomic mass is 16.5. The van der Waals surface area contributed by atoms with Gasteiger partial charge in [-0.1, -0.05) is 27.2 Å². The minimum Gasteiger partial charge on any atom is -0.504 e. The van der Waals surface area contributed by atoms with Crippen molar-refractivity contribution in [3.05, 3.63) is 40.3 Å². The monoisotopic (exact) mass is 653 g/mol. The summed E-state index contributed by atoms with van der Waals surface area (Å²) in [5.41, 5.74) is 3.06. The van der Waals surface area contributed by atoms with E-state index in [1.807, 2.05) is 18.7 Å². The fraction of sp³-hybridized carbons (Fsp3) is 0.576. The maximum Gasteiger partial charge on any atom is 0.276 e. The third kappa shape index (κ3) is 10.8. The molecule has 0 aromatic carbocycles. The van der Waals surface area contributed by atoms with E-state index in [1.54, 1.807) is 37.0 Å². The number of guanidine groups is 1. The number of hydrogen-bond acceptors (Lipinski definition) is 11. The maximum absolute atomic E-state index is 13.1. The number of aromatic nitrogens is 2. The fourth-order valence-electron chi connectivity index (χ4n) is 4.98. The van der Waals surface area contributed by atoms with E-state index >= 15 is 0 Å².